The van der Waals surface area contributed by atoms with Gasteiger partial charge in [0.25, 0.3) is 5.91 Å². The van der Waals surface area contributed by atoms with Crippen molar-refractivity contribution in [1.29, 1.82) is 0 Å². The van der Waals surface area contributed by atoms with Gasteiger partial charge in [-0.15, -0.1) is 0 Å². The van der Waals surface area contributed by atoms with E-state index < -0.39 is 6.04 Å². The van der Waals surface area contributed by atoms with E-state index in [1.165, 1.54) is 0 Å². The second-order valence-corrected chi connectivity index (χ2v) is 8.28. The Labute approximate surface area is 164 Å². The van der Waals surface area contributed by atoms with Crippen molar-refractivity contribution >= 4 is 29.2 Å². The van der Waals surface area contributed by atoms with Gasteiger partial charge < -0.3 is 10.2 Å². The Bertz CT molecular complexity index is 831. The highest BCUT2D eigenvalue weighted by Gasteiger charge is 2.51. The van der Waals surface area contributed by atoms with E-state index in [4.69, 9.17) is 11.6 Å². The third-order valence-corrected chi connectivity index (χ3v) is 4.96. The summed E-state index contributed by atoms with van der Waals surface area (Å²) in [5, 5.41) is 3.50. The Morgan fingerprint density at radius 1 is 1.04 bits per heavy atom. The van der Waals surface area contributed by atoms with Crippen LogP contribution in [0.4, 0.5) is 10.5 Å². The maximum Gasteiger partial charge on any atom is 0.324 e. The standard InChI is InChI=1S/C21H24ClN3O2/c1-21(2,3)19-24(4)18(26)17(14-8-6-5-7-9-14)25(19)20(27)23-16-12-10-15(22)11-13-16/h5-13,17,19H,1-4H3,(H,23,27)/t17-,19+/m1/s1. The lowest BCUT2D eigenvalue weighted by Crippen LogP contribution is -2.50. The van der Waals surface area contributed by atoms with Crippen LogP contribution in [0.5, 0.6) is 0 Å². The lowest BCUT2D eigenvalue weighted by atomic mass is 9.91. The van der Waals surface area contributed by atoms with E-state index in [1.54, 1.807) is 41.1 Å². The molecule has 1 aliphatic rings. The van der Waals surface area contributed by atoms with Crippen LogP contribution in [-0.4, -0.2) is 35.0 Å². The zero-order chi connectivity index (χ0) is 19.8. The fourth-order valence-electron chi connectivity index (χ4n) is 3.65. The summed E-state index contributed by atoms with van der Waals surface area (Å²) in [5.41, 5.74) is 1.11. The molecule has 6 heteroatoms. The fourth-order valence-corrected chi connectivity index (χ4v) is 3.77. The van der Waals surface area contributed by atoms with Gasteiger partial charge in [0.2, 0.25) is 0 Å². The summed E-state index contributed by atoms with van der Waals surface area (Å²) in [6.07, 6.45) is -0.373. The van der Waals surface area contributed by atoms with Crippen LogP contribution >= 0.6 is 11.6 Å². The van der Waals surface area contributed by atoms with Crippen molar-refractivity contribution in [2.75, 3.05) is 12.4 Å². The molecule has 0 spiro atoms. The lowest BCUT2D eigenvalue weighted by molar-refractivity contribution is -0.129. The van der Waals surface area contributed by atoms with Crippen LogP contribution in [-0.2, 0) is 4.79 Å². The third-order valence-electron chi connectivity index (χ3n) is 4.71. The molecule has 3 rings (SSSR count). The first-order chi connectivity index (χ1) is 12.7. The van der Waals surface area contributed by atoms with E-state index in [-0.39, 0.29) is 23.5 Å². The van der Waals surface area contributed by atoms with Gasteiger partial charge >= 0.3 is 6.03 Å². The van der Waals surface area contributed by atoms with Crippen molar-refractivity contribution < 1.29 is 9.59 Å². The summed E-state index contributed by atoms with van der Waals surface area (Å²) in [6, 6.07) is 15.3. The highest BCUT2D eigenvalue weighted by Crippen LogP contribution is 2.40. The Morgan fingerprint density at radius 2 is 1.63 bits per heavy atom. The van der Waals surface area contributed by atoms with Crippen molar-refractivity contribution in [2.45, 2.75) is 33.0 Å². The maximum atomic E-state index is 13.2. The molecule has 142 valence electrons. The highest BCUT2D eigenvalue weighted by molar-refractivity contribution is 6.30. The summed E-state index contributed by atoms with van der Waals surface area (Å²) in [4.78, 5) is 29.6. The molecule has 2 atom stereocenters. The smallest absolute Gasteiger partial charge is 0.322 e. The van der Waals surface area contributed by atoms with Crippen molar-refractivity contribution in [3.63, 3.8) is 0 Å². The van der Waals surface area contributed by atoms with Gasteiger partial charge in [-0.25, -0.2) is 4.79 Å². The molecule has 0 bridgehead atoms. The van der Waals surface area contributed by atoms with Gasteiger partial charge in [-0.2, -0.15) is 0 Å². The van der Waals surface area contributed by atoms with Gasteiger partial charge in [0.15, 0.2) is 0 Å². The van der Waals surface area contributed by atoms with Crippen LogP contribution in [0.15, 0.2) is 54.6 Å². The van der Waals surface area contributed by atoms with Crippen LogP contribution in [0, 0.1) is 5.41 Å². The fraction of sp³-hybridized carbons (Fsp3) is 0.333. The lowest BCUT2D eigenvalue weighted by Gasteiger charge is -2.38. The first-order valence-electron chi connectivity index (χ1n) is 8.86. The van der Waals surface area contributed by atoms with Crippen molar-refractivity contribution in [3.8, 4) is 0 Å². The number of hydrogen-bond donors (Lipinski definition) is 1. The molecule has 0 saturated carbocycles. The number of carbonyl (C=O) groups excluding carboxylic acids is 2. The Kier molecular flexibility index (Phi) is 5.16. The molecule has 1 heterocycles. The summed E-state index contributed by atoms with van der Waals surface area (Å²) in [7, 11) is 1.75. The molecule has 0 unspecified atom stereocenters. The van der Waals surface area contributed by atoms with E-state index in [0.717, 1.165) is 5.56 Å². The minimum atomic E-state index is -0.660. The molecule has 0 radical (unpaired) electrons. The van der Waals surface area contributed by atoms with Crippen molar-refractivity contribution in [2.24, 2.45) is 5.41 Å². The van der Waals surface area contributed by atoms with Crippen molar-refractivity contribution in [3.05, 3.63) is 65.2 Å². The number of amides is 3. The maximum absolute atomic E-state index is 13.2. The molecule has 2 aromatic rings. The van der Waals surface area contributed by atoms with E-state index in [9.17, 15) is 9.59 Å². The summed E-state index contributed by atoms with van der Waals surface area (Å²) < 4.78 is 0. The topological polar surface area (TPSA) is 52.7 Å². The number of hydrogen-bond acceptors (Lipinski definition) is 2. The molecule has 1 saturated heterocycles. The van der Waals surface area contributed by atoms with Crippen LogP contribution in [0.25, 0.3) is 0 Å². The molecule has 2 aromatic carbocycles. The van der Waals surface area contributed by atoms with Gasteiger partial charge in [0.1, 0.15) is 12.2 Å². The zero-order valence-corrected chi connectivity index (χ0v) is 16.7. The summed E-state index contributed by atoms with van der Waals surface area (Å²) in [5.74, 6) is -0.0904. The van der Waals surface area contributed by atoms with Gasteiger partial charge in [0.05, 0.1) is 0 Å². The quantitative estimate of drug-likeness (QED) is 0.810. The Balaban J connectivity index is 2.00. The SMILES string of the molecule is CN1C(=O)[C@@H](c2ccccc2)N(C(=O)Nc2ccc(Cl)cc2)[C@H]1C(C)(C)C. The highest BCUT2D eigenvalue weighted by atomic mass is 35.5. The molecule has 1 aliphatic heterocycles. The van der Waals surface area contributed by atoms with Crippen molar-refractivity contribution in [1.82, 2.24) is 9.80 Å². The largest absolute Gasteiger partial charge is 0.324 e. The summed E-state index contributed by atoms with van der Waals surface area (Å²) in [6.45, 7) is 6.08. The number of carbonyl (C=O) groups is 2. The zero-order valence-electron chi connectivity index (χ0n) is 15.9. The molecule has 3 amide bonds. The number of nitrogens with zero attached hydrogens (tertiary/aromatic N) is 2. The van der Waals surface area contributed by atoms with E-state index in [0.29, 0.717) is 10.7 Å². The number of nitrogens with one attached hydrogen (secondary N) is 1. The molecule has 1 fully saturated rings. The van der Waals surface area contributed by atoms with Crippen LogP contribution in [0.2, 0.25) is 5.02 Å². The molecule has 27 heavy (non-hydrogen) atoms. The second-order valence-electron chi connectivity index (χ2n) is 7.85. The van der Waals surface area contributed by atoms with Gasteiger partial charge in [-0.1, -0.05) is 62.7 Å². The molecule has 0 aromatic heterocycles. The predicted molar refractivity (Wildman–Crippen MR) is 108 cm³/mol. The van der Waals surface area contributed by atoms with Gasteiger partial charge in [-0.3, -0.25) is 9.69 Å². The average molecular weight is 386 g/mol. The number of rotatable bonds is 2. The average Bonchev–Trinajstić information content (AvgIpc) is 2.89. The molecule has 1 N–H and O–H groups in total. The van der Waals surface area contributed by atoms with Crippen LogP contribution in [0.1, 0.15) is 32.4 Å². The summed E-state index contributed by atoms with van der Waals surface area (Å²) >= 11 is 5.93. The van der Waals surface area contributed by atoms with Gasteiger partial charge in [-0.05, 0) is 29.8 Å². The second kappa shape index (κ2) is 7.24. The first kappa shape index (κ1) is 19.2. The van der Waals surface area contributed by atoms with Crippen LogP contribution < -0.4 is 5.32 Å². The van der Waals surface area contributed by atoms with E-state index >= 15 is 0 Å². The van der Waals surface area contributed by atoms with E-state index in [2.05, 4.69) is 5.32 Å². The molecule has 0 aliphatic carbocycles. The molecule has 5 nitrogen and oxygen atoms in total. The predicted octanol–water partition coefficient (Wildman–Crippen LogP) is 4.76. The number of halogens is 1. The molecular weight excluding hydrogens is 362 g/mol. The van der Waals surface area contributed by atoms with E-state index in [1.807, 2.05) is 51.1 Å². The number of urea groups is 1. The minimum absolute atomic E-state index is 0.0904. The number of likely N-dealkylation sites (N-methyl/N-ethyl adjacent to an activating group) is 1. The molecular formula is C21H24ClN3O2. The number of anilines is 1. The number of benzene rings is 2. The monoisotopic (exact) mass is 385 g/mol. The normalized spacial score (nSPS) is 20.1. The van der Waals surface area contributed by atoms with Gasteiger partial charge in [0, 0.05) is 23.2 Å². The third kappa shape index (κ3) is 3.78. The first-order valence-corrected chi connectivity index (χ1v) is 9.24. The Morgan fingerprint density at radius 3 is 2.19 bits per heavy atom. The minimum Gasteiger partial charge on any atom is -0.322 e. The van der Waals surface area contributed by atoms with Crippen LogP contribution in [0.3, 0.4) is 0 Å². The Hall–Kier alpha value is -2.53.